The van der Waals surface area contributed by atoms with Gasteiger partial charge >= 0.3 is 0 Å². The number of hydrogen-bond donors (Lipinski definition) is 2. The average molecular weight is 203 g/mol. The minimum absolute atomic E-state index is 0.164. The third-order valence-corrected chi connectivity index (χ3v) is 4.45. The molecule has 2 nitrogen and oxygen atoms in total. The van der Waals surface area contributed by atoms with Crippen molar-refractivity contribution in [2.75, 3.05) is 12.8 Å². The van der Waals surface area contributed by atoms with Crippen LogP contribution in [0.3, 0.4) is 0 Å². The Balaban J connectivity index is 2.26. The van der Waals surface area contributed by atoms with Gasteiger partial charge in [-0.05, 0) is 39.9 Å². The van der Waals surface area contributed by atoms with Crippen molar-refractivity contribution in [2.45, 2.75) is 50.0 Å². The van der Waals surface area contributed by atoms with Crippen LogP contribution in [0.4, 0.5) is 0 Å². The summed E-state index contributed by atoms with van der Waals surface area (Å²) in [5, 5.41) is 13.1. The predicted molar refractivity (Wildman–Crippen MR) is 59.2 cm³/mol. The molecular formula is C10H21NOS. The molecule has 0 aromatic heterocycles. The molecule has 0 heterocycles. The fraction of sp³-hybridized carbons (Fsp3) is 1.00. The first-order valence-electron chi connectivity index (χ1n) is 4.90. The summed E-state index contributed by atoms with van der Waals surface area (Å²) in [6, 6.07) is 0.164. The molecule has 0 bridgehead atoms. The van der Waals surface area contributed by atoms with Gasteiger partial charge in [0.2, 0.25) is 0 Å². The van der Waals surface area contributed by atoms with Crippen molar-refractivity contribution in [1.82, 2.24) is 5.32 Å². The van der Waals surface area contributed by atoms with Gasteiger partial charge < -0.3 is 10.4 Å². The van der Waals surface area contributed by atoms with Crippen LogP contribution in [0.5, 0.6) is 0 Å². The van der Waals surface area contributed by atoms with Crippen LogP contribution in [0.1, 0.15) is 33.6 Å². The van der Waals surface area contributed by atoms with Gasteiger partial charge in [-0.15, -0.1) is 0 Å². The molecule has 78 valence electrons. The van der Waals surface area contributed by atoms with Crippen LogP contribution >= 0.6 is 11.8 Å². The Morgan fingerprint density at radius 2 is 2.08 bits per heavy atom. The molecule has 3 heteroatoms. The average Bonchev–Trinajstić information content (AvgIpc) is 2.79. The molecule has 1 fully saturated rings. The second-order valence-corrected chi connectivity index (χ2v) is 5.92. The summed E-state index contributed by atoms with van der Waals surface area (Å²) in [5.74, 6) is 0. The van der Waals surface area contributed by atoms with Crippen LogP contribution in [-0.2, 0) is 0 Å². The third kappa shape index (κ3) is 3.15. The monoisotopic (exact) mass is 203 g/mol. The van der Waals surface area contributed by atoms with Crippen molar-refractivity contribution in [3.8, 4) is 0 Å². The molecule has 1 atom stereocenters. The van der Waals surface area contributed by atoms with E-state index in [1.807, 2.05) is 32.5 Å². The molecule has 13 heavy (non-hydrogen) atoms. The number of hydrogen-bond acceptors (Lipinski definition) is 3. The molecule has 0 aromatic carbocycles. The van der Waals surface area contributed by atoms with Gasteiger partial charge in [0.15, 0.2) is 0 Å². The van der Waals surface area contributed by atoms with E-state index in [0.717, 1.165) is 6.54 Å². The van der Waals surface area contributed by atoms with Crippen LogP contribution in [0, 0.1) is 0 Å². The van der Waals surface area contributed by atoms with Gasteiger partial charge in [-0.2, -0.15) is 11.8 Å². The van der Waals surface area contributed by atoms with E-state index in [-0.39, 0.29) is 6.04 Å². The van der Waals surface area contributed by atoms with E-state index in [1.165, 1.54) is 12.8 Å². The summed E-state index contributed by atoms with van der Waals surface area (Å²) in [6.07, 6.45) is 4.81. The Morgan fingerprint density at radius 1 is 1.54 bits per heavy atom. The van der Waals surface area contributed by atoms with Crippen LogP contribution in [-0.4, -0.2) is 34.3 Å². The van der Waals surface area contributed by atoms with Gasteiger partial charge in [0, 0.05) is 17.3 Å². The molecule has 0 amide bonds. The van der Waals surface area contributed by atoms with Crippen LogP contribution < -0.4 is 5.32 Å². The zero-order valence-corrected chi connectivity index (χ0v) is 9.87. The van der Waals surface area contributed by atoms with E-state index >= 15 is 0 Å². The van der Waals surface area contributed by atoms with E-state index < -0.39 is 5.60 Å². The number of aliphatic hydroxyl groups is 1. The van der Waals surface area contributed by atoms with Crippen molar-refractivity contribution >= 4 is 11.8 Å². The van der Waals surface area contributed by atoms with E-state index in [1.54, 1.807) is 0 Å². The van der Waals surface area contributed by atoms with E-state index in [4.69, 9.17) is 0 Å². The zero-order chi connectivity index (χ0) is 10.1. The molecule has 1 aliphatic carbocycles. The van der Waals surface area contributed by atoms with E-state index in [0.29, 0.717) is 4.75 Å². The summed E-state index contributed by atoms with van der Waals surface area (Å²) in [7, 11) is 0. The molecule has 1 unspecified atom stereocenters. The first-order chi connectivity index (χ1) is 5.90. The van der Waals surface area contributed by atoms with Gasteiger partial charge in [-0.25, -0.2) is 0 Å². The fourth-order valence-corrected chi connectivity index (χ4v) is 1.92. The summed E-state index contributed by atoms with van der Waals surface area (Å²) >= 11 is 1.95. The summed E-state index contributed by atoms with van der Waals surface area (Å²) < 4.78 is 0.486. The molecule has 1 aliphatic rings. The van der Waals surface area contributed by atoms with Gasteiger partial charge in [-0.1, -0.05) is 0 Å². The lowest BCUT2D eigenvalue weighted by Crippen LogP contribution is -2.47. The standard InChI is InChI=1S/C10H21NOS/c1-8(9(2,3)12)11-7-10(13-4)5-6-10/h8,11-12H,5-7H2,1-4H3. The van der Waals surface area contributed by atoms with Crippen LogP contribution in [0.25, 0.3) is 0 Å². The number of rotatable bonds is 5. The third-order valence-electron chi connectivity index (χ3n) is 3.03. The number of thioether (sulfide) groups is 1. The highest BCUT2D eigenvalue weighted by molar-refractivity contribution is 8.00. The molecule has 0 aliphatic heterocycles. The largest absolute Gasteiger partial charge is 0.389 e. The summed E-state index contributed by atoms with van der Waals surface area (Å²) in [4.78, 5) is 0. The van der Waals surface area contributed by atoms with Gasteiger partial charge in [0.1, 0.15) is 0 Å². The van der Waals surface area contributed by atoms with Crippen molar-refractivity contribution < 1.29 is 5.11 Å². The van der Waals surface area contributed by atoms with Gasteiger partial charge in [-0.3, -0.25) is 0 Å². The minimum Gasteiger partial charge on any atom is -0.389 e. The highest BCUT2D eigenvalue weighted by atomic mass is 32.2. The Hall–Kier alpha value is 0.270. The second-order valence-electron chi connectivity index (χ2n) is 4.64. The van der Waals surface area contributed by atoms with Crippen LogP contribution in [0.15, 0.2) is 0 Å². The predicted octanol–water partition coefficient (Wildman–Crippen LogP) is 1.63. The number of nitrogens with one attached hydrogen (secondary N) is 1. The maximum atomic E-state index is 9.71. The molecular weight excluding hydrogens is 182 g/mol. The van der Waals surface area contributed by atoms with Crippen molar-refractivity contribution in [3.05, 3.63) is 0 Å². The first kappa shape index (κ1) is 11.3. The first-order valence-corrected chi connectivity index (χ1v) is 6.13. The highest BCUT2D eigenvalue weighted by Gasteiger charge is 2.42. The molecule has 2 N–H and O–H groups in total. The van der Waals surface area contributed by atoms with E-state index in [9.17, 15) is 5.11 Å². The van der Waals surface area contributed by atoms with Crippen molar-refractivity contribution in [1.29, 1.82) is 0 Å². The molecule has 0 spiro atoms. The lowest BCUT2D eigenvalue weighted by Gasteiger charge is -2.28. The Kier molecular flexibility index (Phi) is 3.31. The fourth-order valence-electron chi connectivity index (χ4n) is 1.18. The second kappa shape index (κ2) is 3.79. The zero-order valence-electron chi connectivity index (χ0n) is 9.05. The molecule has 0 saturated heterocycles. The summed E-state index contributed by atoms with van der Waals surface area (Å²) in [6.45, 7) is 6.77. The van der Waals surface area contributed by atoms with Crippen LogP contribution in [0.2, 0.25) is 0 Å². The molecule has 0 radical (unpaired) electrons. The smallest absolute Gasteiger partial charge is 0.0741 e. The maximum absolute atomic E-state index is 9.71. The lowest BCUT2D eigenvalue weighted by molar-refractivity contribution is 0.0444. The normalized spacial score (nSPS) is 22.8. The highest BCUT2D eigenvalue weighted by Crippen LogP contribution is 2.46. The lowest BCUT2D eigenvalue weighted by atomic mass is 10.0. The minimum atomic E-state index is -0.617. The molecule has 0 aromatic rings. The van der Waals surface area contributed by atoms with E-state index in [2.05, 4.69) is 11.6 Å². The molecule has 1 rings (SSSR count). The Labute approximate surface area is 85.5 Å². The van der Waals surface area contributed by atoms with Gasteiger partial charge in [0.05, 0.1) is 5.60 Å². The summed E-state index contributed by atoms with van der Waals surface area (Å²) in [5.41, 5.74) is -0.617. The Bertz CT molecular complexity index is 172. The van der Waals surface area contributed by atoms with Gasteiger partial charge in [0.25, 0.3) is 0 Å². The Morgan fingerprint density at radius 3 is 2.38 bits per heavy atom. The topological polar surface area (TPSA) is 32.3 Å². The van der Waals surface area contributed by atoms with Crippen molar-refractivity contribution in [3.63, 3.8) is 0 Å². The maximum Gasteiger partial charge on any atom is 0.0741 e. The SMILES string of the molecule is CSC1(CNC(C)C(C)(C)O)CC1. The quantitative estimate of drug-likeness (QED) is 0.712. The molecule has 1 saturated carbocycles. The van der Waals surface area contributed by atoms with Crippen molar-refractivity contribution in [2.24, 2.45) is 0 Å².